The van der Waals surface area contributed by atoms with Crippen LogP contribution in [-0.4, -0.2) is 48.4 Å². The molecule has 2 aliphatic rings. The number of methoxy groups -OCH3 is 1. The summed E-state index contributed by atoms with van der Waals surface area (Å²) in [7, 11) is 1.70. The third kappa shape index (κ3) is 4.29. The second-order valence-electron chi connectivity index (χ2n) is 7.39. The Morgan fingerprint density at radius 2 is 1.75 bits per heavy atom. The lowest BCUT2D eigenvalue weighted by molar-refractivity contribution is 0.00671. The van der Waals surface area contributed by atoms with E-state index in [1.807, 2.05) is 12.1 Å². The van der Waals surface area contributed by atoms with Crippen molar-refractivity contribution in [2.45, 2.75) is 69.7 Å². The summed E-state index contributed by atoms with van der Waals surface area (Å²) in [4.78, 5) is 2.53. The number of likely N-dealkylation sites (tertiary alicyclic amines) is 1. The predicted octanol–water partition coefficient (Wildman–Crippen LogP) is 3.11. The van der Waals surface area contributed by atoms with Gasteiger partial charge in [0, 0.05) is 31.2 Å². The van der Waals surface area contributed by atoms with Crippen molar-refractivity contribution in [1.82, 2.24) is 10.2 Å². The van der Waals surface area contributed by atoms with Crippen molar-refractivity contribution >= 4 is 0 Å². The second-order valence-corrected chi connectivity index (χ2v) is 7.39. The minimum Gasteiger partial charge on any atom is -0.497 e. The van der Waals surface area contributed by atoms with Gasteiger partial charge in [-0.3, -0.25) is 4.90 Å². The zero-order valence-corrected chi connectivity index (χ0v) is 15.1. The molecule has 24 heavy (non-hydrogen) atoms. The zero-order valence-electron chi connectivity index (χ0n) is 15.1. The molecule has 0 radical (unpaired) electrons. The van der Waals surface area contributed by atoms with E-state index in [9.17, 15) is 5.11 Å². The van der Waals surface area contributed by atoms with E-state index >= 15 is 0 Å². The van der Waals surface area contributed by atoms with Crippen LogP contribution in [-0.2, 0) is 0 Å². The summed E-state index contributed by atoms with van der Waals surface area (Å²) in [5.41, 5.74) is 1.31. The van der Waals surface area contributed by atoms with Crippen molar-refractivity contribution < 1.29 is 9.84 Å². The zero-order chi connectivity index (χ0) is 16.9. The molecule has 1 heterocycles. The van der Waals surface area contributed by atoms with Gasteiger partial charge in [-0.15, -0.1) is 0 Å². The summed E-state index contributed by atoms with van der Waals surface area (Å²) in [5.74, 6) is 0.908. The summed E-state index contributed by atoms with van der Waals surface area (Å²) in [6.45, 7) is 4.45. The summed E-state index contributed by atoms with van der Waals surface area (Å²) in [5, 5.41) is 14.0. The number of benzene rings is 1. The molecule has 1 saturated heterocycles. The number of nitrogens with one attached hydrogen (secondary N) is 1. The van der Waals surface area contributed by atoms with Gasteiger partial charge in [0.1, 0.15) is 5.75 Å². The van der Waals surface area contributed by atoms with Crippen LogP contribution < -0.4 is 10.1 Å². The molecule has 2 N–H and O–H groups in total. The number of hydrogen-bond donors (Lipinski definition) is 2. The summed E-state index contributed by atoms with van der Waals surface area (Å²) in [6, 6.07) is 9.67. The van der Waals surface area contributed by atoms with Gasteiger partial charge in [0.05, 0.1) is 13.2 Å². The normalized spacial score (nSPS) is 27.8. The van der Waals surface area contributed by atoms with Gasteiger partial charge in [-0.2, -0.15) is 0 Å². The number of hydrogen-bond acceptors (Lipinski definition) is 4. The van der Waals surface area contributed by atoms with Crippen LogP contribution in [0.15, 0.2) is 24.3 Å². The van der Waals surface area contributed by atoms with Gasteiger partial charge in [0.15, 0.2) is 0 Å². The van der Waals surface area contributed by atoms with E-state index < -0.39 is 0 Å². The maximum absolute atomic E-state index is 10.3. The number of aliphatic hydroxyl groups excluding tert-OH is 1. The van der Waals surface area contributed by atoms with Crippen molar-refractivity contribution in [3.8, 4) is 5.75 Å². The van der Waals surface area contributed by atoms with Crippen LogP contribution in [0.5, 0.6) is 5.75 Å². The molecule has 3 atom stereocenters. The van der Waals surface area contributed by atoms with Crippen LogP contribution in [0.4, 0.5) is 0 Å². The van der Waals surface area contributed by atoms with E-state index in [4.69, 9.17) is 4.74 Å². The molecule has 1 aromatic carbocycles. The number of ether oxygens (including phenoxy) is 1. The van der Waals surface area contributed by atoms with Crippen LogP contribution in [0.25, 0.3) is 0 Å². The van der Waals surface area contributed by atoms with Crippen LogP contribution in [0, 0.1) is 0 Å². The molecule has 0 spiro atoms. The molecule has 4 nitrogen and oxygen atoms in total. The fourth-order valence-electron chi connectivity index (χ4n) is 4.26. The molecule has 3 rings (SSSR count). The van der Waals surface area contributed by atoms with Crippen molar-refractivity contribution in [3.63, 3.8) is 0 Å². The molecule has 0 bridgehead atoms. The maximum Gasteiger partial charge on any atom is 0.118 e. The molecular formula is C20H32N2O2. The molecule has 3 unspecified atom stereocenters. The quantitative estimate of drug-likeness (QED) is 0.870. The van der Waals surface area contributed by atoms with Crippen LogP contribution in [0.2, 0.25) is 0 Å². The van der Waals surface area contributed by atoms with E-state index in [1.54, 1.807) is 7.11 Å². The molecule has 4 heteroatoms. The molecule has 2 fully saturated rings. The highest BCUT2D eigenvalue weighted by Gasteiger charge is 2.31. The van der Waals surface area contributed by atoms with Gasteiger partial charge in [0.2, 0.25) is 0 Å². The fraction of sp³-hybridized carbons (Fsp3) is 0.700. The Hall–Kier alpha value is -1.10. The Kier molecular flexibility index (Phi) is 6.14. The van der Waals surface area contributed by atoms with Crippen LogP contribution in [0.3, 0.4) is 0 Å². The predicted molar refractivity (Wildman–Crippen MR) is 97.4 cm³/mol. The van der Waals surface area contributed by atoms with Crippen LogP contribution >= 0.6 is 0 Å². The smallest absolute Gasteiger partial charge is 0.118 e. The minimum atomic E-state index is -0.110. The van der Waals surface area contributed by atoms with E-state index in [0.29, 0.717) is 18.1 Å². The van der Waals surface area contributed by atoms with Crippen molar-refractivity contribution in [2.24, 2.45) is 0 Å². The summed E-state index contributed by atoms with van der Waals surface area (Å²) >= 11 is 0. The number of rotatable bonds is 5. The lowest BCUT2D eigenvalue weighted by atomic mass is 9.89. The monoisotopic (exact) mass is 332 g/mol. The lowest BCUT2D eigenvalue weighted by Gasteiger charge is -2.42. The molecule has 134 valence electrons. The number of piperidine rings is 1. The summed E-state index contributed by atoms with van der Waals surface area (Å²) < 4.78 is 5.23. The van der Waals surface area contributed by atoms with Gasteiger partial charge in [-0.25, -0.2) is 0 Å². The van der Waals surface area contributed by atoms with Gasteiger partial charge in [0.25, 0.3) is 0 Å². The minimum absolute atomic E-state index is 0.110. The Morgan fingerprint density at radius 3 is 2.38 bits per heavy atom. The topological polar surface area (TPSA) is 44.7 Å². The molecule has 0 amide bonds. The lowest BCUT2D eigenvalue weighted by Crippen LogP contribution is -2.51. The third-order valence-electron chi connectivity index (χ3n) is 5.79. The first-order valence-corrected chi connectivity index (χ1v) is 9.49. The highest BCUT2D eigenvalue weighted by atomic mass is 16.5. The maximum atomic E-state index is 10.3. The van der Waals surface area contributed by atoms with Gasteiger partial charge < -0.3 is 15.2 Å². The fourth-order valence-corrected chi connectivity index (χ4v) is 4.26. The first-order valence-electron chi connectivity index (χ1n) is 9.49. The Labute approximate surface area is 146 Å². The Morgan fingerprint density at radius 1 is 1.08 bits per heavy atom. The largest absolute Gasteiger partial charge is 0.497 e. The third-order valence-corrected chi connectivity index (χ3v) is 5.79. The van der Waals surface area contributed by atoms with Crippen molar-refractivity contribution in [2.75, 3.05) is 20.2 Å². The second kappa shape index (κ2) is 8.32. The molecule has 0 aromatic heterocycles. The molecule has 1 saturated carbocycles. The van der Waals surface area contributed by atoms with Gasteiger partial charge in [-0.1, -0.05) is 25.0 Å². The first-order chi connectivity index (χ1) is 11.7. The average molecular weight is 332 g/mol. The molecule has 1 aromatic rings. The van der Waals surface area contributed by atoms with Crippen molar-refractivity contribution in [1.29, 1.82) is 0 Å². The van der Waals surface area contributed by atoms with E-state index in [1.165, 1.54) is 37.7 Å². The Balaban J connectivity index is 1.47. The van der Waals surface area contributed by atoms with Gasteiger partial charge in [-0.05, 0) is 50.3 Å². The highest BCUT2D eigenvalue weighted by molar-refractivity contribution is 5.28. The van der Waals surface area contributed by atoms with E-state index in [-0.39, 0.29) is 6.10 Å². The SMILES string of the molecule is COc1ccc(C(C)NC2CCN(C3CCCCC3O)CC2)cc1. The standard InChI is InChI=1S/C20H32N2O2/c1-15(16-7-9-18(24-2)10-8-16)21-17-11-13-22(14-12-17)19-5-3-4-6-20(19)23/h7-10,15,17,19-21,23H,3-6,11-14H2,1-2H3. The Bertz CT molecular complexity index is 497. The van der Waals surface area contributed by atoms with Gasteiger partial charge >= 0.3 is 0 Å². The average Bonchev–Trinajstić information content (AvgIpc) is 2.63. The number of nitrogens with zero attached hydrogens (tertiary/aromatic N) is 1. The molecule has 1 aliphatic heterocycles. The molecular weight excluding hydrogens is 300 g/mol. The highest BCUT2D eigenvalue weighted by Crippen LogP contribution is 2.26. The first kappa shape index (κ1) is 17.7. The van der Waals surface area contributed by atoms with E-state index in [2.05, 4.69) is 29.3 Å². The van der Waals surface area contributed by atoms with Crippen LogP contribution in [0.1, 0.15) is 57.1 Å². The summed E-state index contributed by atoms with van der Waals surface area (Å²) in [6.07, 6.45) is 6.84. The number of aliphatic hydroxyl groups is 1. The van der Waals surface area contributed by atoms with Crippen molar-refractivity contribution in [3.05, 3.63) is 29.8 Å². The van der Waals surface area contributed by atoms with E-state index in [0.717, 1.165) is 25.3 Å². The molecule has 1 aliphatic carbocycles.